The van der Waals surface area contributed by atoms with Gasteiger partial charge in [0.2, 0.25) is 21.8 Å². The number of alkyl halides is 6. The van der Waals surface area contributed by atoms with E-state index in [1.165, 1.54) is 55.6 Å². The lowest BCUT2D eigenvalue weighted by Crippen LogP contribution is -2.32. The Kier molecular flexibility index (Phi) is 9.87. The van der Waals surface area contributed by atoms with E-state index in [1.807, 2.05) is 4.72 Å². The molecule has 0 atom stereocenters. The maximum absolute atomic E-state index is 13.2. The molecule has 0 radical (unpaired) electrons. The van der Waals surface area contributed by atoms with E-state index in [0.717, 1.165) is 0 Å². The molecule has 1 amide bonds. The number of H-pyrrole nitrogens is 1. The van der Waals surface area contributed by atoms with E-state index in [4.69, 9.17) is 32.7 Å². The summed E-state index contributed by atoms with van der Waals surface area (Å²) in [5.74, 6) is -3.48. The number of phenols is 1. The van der Waals surface area contributed by atoms with Crippen molar-refractivity contribution in [1.29, 1.82) is 0 Å². The first-order chi connectivity index (χ1) is 22.8. The minimum atomic E-state index is -4.80. The van der Waals surface area contributed by atoms with E-state index in [1.54, 1.807) is 6.07 Å². The van der Waals surface area contributed by atoms with Gasteiger partial charge in [-0.15, -0.1) is 0 Å². The number of phenolic OH excluding ortho intramolecular Hbond substituents is 1. The zero-order chi connectivity index (χ0) is 35.9. The lowest BCUT2D eigenvalue weighted by Gasteiger charge is -2.15. The van der Waals surface area contributed by atoms with Crippen molar-refractivity contribution in [3.05, 3.63) is 81.5 Å². The average molecular weight is 751 g/mol. The quantitative estimate of drug-likeness (QED) is 0.124. The molecule has 0 aliphatic rings. The number of hydrogen-bond donors (Lipinski definition) is 3. The van der Waals surface area contributed by atoms with Crippen LogP contribution in [0.1, 0.15) is 16.7 Å². The Hall–Kier alpha value is -4.41. The number of amides is 1. The van der Waals surface area contributed by atoms with Gasteiger partial charge in [-0.05, 0) is 41.8 Å². The Labute approximate surface area is 283 Å². The zero-order valence-corrected chi connectivity index (χ0v) is 27.2. The first kappa shape index (κ1) is 35.9. The number of ether oxygens (including phenoxy) is 2. The van der Waals surface area contributed by atoms with E-state index < -0.39 is 64.6 Å². The monoisotopic (exact) mass is 749 g/mol. The number of hydrogen-bond acceptors (Lipinski definition) is 7. The predicted molar refractivity (Wildman–Crippen MR) is 169 cm³/mol. The summed E-state index contributed by atoms with van der Waals surface area (Å²) >= 11 is 12.0. The summed E-state index contributed by atoms with van der Waals surface area (Å²) in [5.41, 5.74) is 0.831. The van der Waals surface area contributed by atoms with Crippen LogP contribution in [0.15, 0.2) is 54.7 Å². The van der Waals surface area contributed by atoms with Crippen LogP contribution in [0.3, 0.4) is 0 Å². The molecule has 3 aromatic carbocycles. The SMILES string of the molecule is Cc1cc(CS(=O)(=O)NC(=O)Cc2cccc(Cl)c2Cl)ccc1-c1[nH]c(OCC(F)(F)F)c2c1c(O)c(OCC(F)(F)F)c1cccnc12. The molecule has 5 rings (SSSR count). The third-order valence-corrected chi connectivity index (χ3v) is 9.15. The standard InChI is InChI=1S/C31H23Cl2F6N3O6S/c1-15-10-16(12-49(45,46)42-21(43)11-17-4-2-6-20(32)24(17)33)7-8-18(15)26-22-23(29(41-26)48-14-31(37,38)39)25-19(5-3-9-40-25)28(27(22)44)47-13-30(34,35)36/h2-10,41,44H,11-14H2,1H3,(H,42,43). The molecule has 0 aliphatic heterocycles. The van der Waals surface area contributed by atoms with Crippen molar-refractivity contribution in [3.8, 4) is 28.6 Å². The zero-order valence-electron chi connectivity index (χ0n) is 24.9. The lowest BCUT2D eigenvalue weighted by atomic mass is 9.98. The van der Waals surface area contributed by atoms with Crippen molar-refractivity contribution < 1.29 is 54.1 Å². The Balaban J connectivity index is 1.53. The number of nitrogens with one attached hydrogen (secondary N) is 2. The Morgan fingerprint density at radius 2 is 1.67 bits per heavy atom. The molecule has 0 bridgehead atoms. The molecular formula is C31H23Cl2F6N3O6S. The summed E-state index contributed by atoms with van der Waals surface area (Å²) < 4.78 is 117. The van der Waals surface area contributed by atoms with Gasteiger partial charge in [0, 0.05) is 17.1 Å². The minimum Gasteiger partial charge on any atom is -0.504 e. The summed E-state index contributed by atoms with van der Waals surface area (Å²) in [5, 5.41) is 11.0. The van der Waals surface area contributed by atoms with E-state index in [2.05, 4.69) is 9.97 Å². The number of aryl methyl sites for hydroxylation is 1. The van der Waals surface area contributed by atoms with E-state index in [-0.39, 0.29) is 55.0 Å². The van der Waals surface area contributed by atoms with Crippen LogP contribution < -0.4 is 14.2 Å². The first-order valence-corrected chi connectivity index (χ1v) is 16.3. The van der Waals surface area contributed by atoms with Crippen molar-refractivity contribution >= 4 is 60.8 Å². The van der Waals surface area contributed by atoms with Gasteiger partial charge in [0.1, 0.15) is 0 Å². The molecule has 2 heterocycles. The van der Waals surface area contributed by atoms with E-state index >= 15 is 0 Å². The second-order valence-electron chi connectivity index (χ2n) is 10.8. The molecule has 0 aliphatic carbocycles. The number of pyridine rings is 1. The molecule has 0 fully saturated rings. The van der Waals surface area contributed by atoms with Gasteiger partial charge < -0.3 is 19.6 Å². The number of aromatic nitrogens is 2. The molecule has 260 valence electrons. The maximum Gasteiger partial charge on any atom is 0.422 e. The van der Waals surface area contributed by atoms with Gasteiger partial charge in [-0.3, -0.25) is 14.5 Å². The van der Waals surface area contributed by atoms with Crippen LogP contribution in [0.25, 0.3) is 32.9 Å². The number of aromatic amines is 1. The minimum absolute atomic E-state index is 0.0762. The molecule has 3 N–H and O–H groups in total. The lowest BCUT2D eigenvalue weighted by molar-refractivity contribution is -0.154. The van der Waals surface area contributed by atoms with Gasteiger partial charge in [0.05, 0.1) is 44.2 Å². The predicted octanol–water partition coefficient (Wildman–Crippen LogP) is 7.77. The highest BCUT2D eigenvalue weighted by molar-refractivity contribution is 7.89. The van der Waals surface area contributed by atoms with Gasteiger partial charge in [-0.1, -0.05) is 53.5 Å². The summed E-state index contributed by atoms with van der Waals surface area (Å²) in [6.45, 7) is -2.03. The third-order valence-electron chi connectivity index (χ3n) is 7.04. The van der Waals surface area contributed by atoms with Crippen molar-refractivity contribution in [2.45, 2.75) is 31.5 Å². The molecule has 0 saturated heterocycles. The number of benzene rings is 3. The summed E-state index contributed by atoms with van der Waals surface area (Å²) in [4.78, 5) is 19.3. The normalized spacial score (nSPS) is 12.4. The van der Waals surface area contributed by atoms with Crippen LogP contribution in [0.4, 0.5) is 26.3 Å². The molecule has 0 spiro atoms. The average Bonchev–Trinajstić information content (AvgIpc) is 3.37. The highest BCUT2D eigenvalue weighted by atomic mass is 35.5. The number of sulfonamides is 1. The second kappa shape index (κ2) is 13.5. The van der Waals surface area contributed by atoms with Crippen molar-refractivity contribution in [3.63, 3.8) is 0 Å². The van der Waals surface area contributed by atoms with Gasteiger partial charge in [-0.2, -0.15) is 26.3 Å². The summed E-state index contributed by atoms with van der Waals surface area (Å²) in [7, 11) is -4.24. The molecule has 18 heteroatoms. The van der Waals surface area contributed by atoms with Crippen LogP contribution in [-0.2, 0) is 27.0 Å². The molecule has 0 unspecified atom stereocenters. The Bertz CT molecular complexity index is 2190. The molecule has 49 heavy (non-hydrogen) atoms. The van der Waals surface area contributed by atoms with Gasteiger partial charge in [0.15, 0.2) is 24.7 Å². The fraction of sp³-hybridized carbons (Fsp3) is 0.226. The van der Waals surface area contributed by atoms with Gasteiger partial charge in [-0.25, -0.2) is 8.42 Å². The van der Waals surface area contributed by atoms with Gasteiger partial charge in [0.25, 0.3) is 0 Å². The number of fused-ring (bicyclic) bond motifs is 3. The van der Waals surface area contributed by atoms with Crippen molar-refractivity contribution in [2.24, 2.45) is 0 Å². The molecule has 5 aromatic rings. The third kappa shape index (κ3) is 8.25. The second-order valence-corrected chi connectivity index (χ2v) is 13.3. The Morgan fingerprint density at radius 1 is 0.980 bits per heavy atom. The number of carbonyl (C=O) groups excluding carboxylic acids is 1. The first-order valence-electron chi connectivity index (χ1n) is 13.9. The highest BCUT2D eigenvalue weighted by Gasteiger charge is 2.33. The number of aromatic hydroxyl groups is 1. The molecular weight excluding hydrogens is 727 g/mol. The molecule has 9 nitrogen and oxygen atoms in total. The summed E-state index contributed by atoms with van der Waals surface area (Å²) in [6, 6.07) is 11.3. The van der Waals surface area contributed by atoms with Crippen LogP contribution in [0.5, 0.6) is 17.4 Å². The maximum atomic E-state index is 13.2. The number of carbonyl (C=O) groups is 1. The van der Waals surface area contributed by atoms with E-state index in [9.17, 15) is 44.7 Å². The fourth-order valence-electron chi connectivity index (χ4n) is 5.15. The van der Waals surface area contributed by atoms with Crippen LogP contribution in [0, 0.1) is 6.92 Å². The van der Waals surface area contributed by atoms with Gasteiger partial charge >= 0.3 is 12.4 Å². The van der Waals surface area contributed by atoms with Crippen molar-refractivity contribution in [1.82, 2.24) is 14.7 Å². The number of nitrogens with zero attached hydrogens (tertiary/aromatic N) is 1. The number of rotatable bonds is 10. The van der Waals surface area contributed by atoms with Crippen molar-refractivity contribution in [2.75, 3.05) is 13.2 Å². The fourth-order valence-corrected chi connectivity index (χ4v) is 6.65. The largest absolute Gasteiger partial charge is 0.504 e. The highest BCUT2D eigenvalue weighted by Crippen LogP contribution is 2.50. The smallest absolute Gasteiger partial charge is 0.422 e. The topological polar surface area (TPSA) is 131 Å². The van der Waals surface area contributed by atoms with E-state index in [0.29, 0.717) is 11.1 Å². The van der Waals surface area contributed by atoms with Crippen LogP contribution >= 0.6 is 23.2 Å². The Morgan fingerprint density at radius 3 is 2.35 bits per heavy atom. The molecule has 2 aromatic heterocycles. The number of halogens is 8. The van der Waals surface area contributed by atoms with Crippen LogP contribution in [-0.4, -0.2) is 55.0 Å². The summed E-state index contributed by atoms with van der Waals surface area (Å²) in [6.07, 6.45) is -8.71. The molecule has 0 saturated carbocycles. The van der Waals surface area contributed by atoms with Crippen LogP contribution in [0.2, 0.25) is 10.0 Å².